The number of carbonyl (C=O) groups excluding carboxylic acids is 1. The van der Waals surface area contributed by atoms with Crippen molar-refractivity contribution in [2.24, 2.45) is 0 Å². The number of hydrogen-bond acceptors (Lipinski definition) is 4. The molecule has 0 fully saturated rings. The summed E-state index contributed by atoms with van der Waals surface area (Å²) in [5.41, 5.74) is 3.31. The fourth-order valence-corrected chi connectivity index (χ4v) is 3.07. The molecule has 0 atom stereocenters. The predicted molar refractivity (Wildman–Crippen MR) is 115 cm³/mol. The number of ether oxygens (including phenoxy) is 2. The molecule has 0 saturated carbocycles. The van der Waals surface area contributed by atoms with E-state index in [2.05, 4.69) is 27.8 Å². The van der Waals surface area contributed by atoms with E-state index in [0.717, 1.165) is 11.1 Å². The van der Waals surface area contributed by atoms with E-state index in [4.69, 9.17) is 9.47 Å². The number of nitrogens with zero attached hydrogens (tertiary/aromatic N) is 1. The van der Waals surface area contributed by atoms with Crippen molar-refractivity contribution >= 4 is 33.6 Å². The molecule has 1 amide bonds. The van der Waals surface area contributed by atoms with Crippen LogP contribution in [-0.2, 0) is 4.79 Å². The van der Waals surface area contributed by atoms with E-state index in [1.165, 1.54) is 13.2 Å². The quantitative estimate of drug-likeness (QED) is 0.365. The Morgan fingerprint density at radius 3 is 2.75 bits per heavy atom. The number of anilines is 1. The molecule has 0 aromatic heterocycles. The molecule has 0 aliphatic carbocycles. The number of benzene rings is 2. The number of amides is 1. The van der Waals surface area contributed by atoms with E-state index in [1.54, 1.807) is 24.3 Å². The lowest BCUT2D eigenvalue weighted by Gasteiger charge is -2.13. The minimum atomic E-state index is -0.474. The molecule has 28 heavy (non-hydrogen) atoms. The molecule has 0 unspecified atom stereocenters. The first-order valence-corrected chi connectivity index (χ1v) is 9.31. The zero-order chi connectivity index (χ0) is 20.7. The molecule has 0 spiro atoms. The average molecular weight is 441 g/mol. The molecule has 2 rings (SSSR count). The van der Waals surface area contributed by atoms with E-state index >= 15 is 0 Å². The lowest BCUT2D eigenvalue weighted by atomic mass is 10.1. The van der Waals surface area contributed by atoms with E-state index in [-0.39, 0.29) is 5.57 Å². The van der Waals surface area contributed by atoms with Crippen molar-refractivity contribution in [2.45, 2.75) is 13.8 Å². The minimum absolute atomic E-state index is 0.0189. The maximum absolute atomic E-state index is 12.6. The molecule has 0 aliphatic heterocycles. The van der Waals surface area contributed by atoms with Gasteiger partial charge in [0, 0.05) is 5.69 Å². The molecule has 144 valence electrons. The highest BCUT2D eigenvalue weighted by Gasteiger charge is 2.14. The van der Waals surface area contributed by atoms with Gasteiger partial charge < -0.3 is 14.8 Å². The van der Waals surface area contributed by atoms with E-state index in [1.807, 2.05) is 32.0 Å². The van der Waals surface area contributed by atoms with E-state index < -0.39 is 5.91 Å². The smallest absolute Gasteiger partial charge is 0.266 e. The van der Waals surface area contributed by atoms with Gasteiger partial charge >= 0.3 is 0 Å². The van der Waals surface area contributed by atoms with Crippen LogP contribution in [0.4, 0.5) is 5.69 Å². The summed E-state index contributed by atoms with van der Waals surface area (Å²) in [5.74, 6) is 0.533. The predicted octanol–water partition coefficient (Wildman–Crippen LogP) is 5.19. The summed E-state index contributed by atoms with van der Waals surface area (Å²) in [6.45, 7) is 7.83. The van der Waals surface area contributed by atoms with Crippen LogP contribution in [0.2, 0.25) is 0 Å². The maximum Gasteiger partial charge on any atom is 0.266 e. The second-order valence-electron chi connectivity index (χ2n) is 6.01. The monoisotopic (exact) mass is 440 g/mol. The molecule has 0 saturated heterocycles. The van der Waals surface area contributed by atoms with Gasteiger partial charge in [-0.3, -0.25) is 4.79 Å². The van der Waals surface area contributed by atoms with E-state index in [9.17, 15) is 10.1 Å². The third kappa shape index (κ3) is 5.02. The van der Waals surface area contributed by atoms with Gasteiger partial charge in [-0.25, -0.2) is 0 Å². The fraction of sp³-hybridized carbons (Fsp3) is 0.182. The molecule has 0 heterocycles. The third-order valence-electron chi connectivity index (χ3n) is 4.13. The number of carbonyl (C=O) groups is 1. The number of aryl methyl sites for hydroxylation is 1. The summed E-state index contributed by atoms with van der Waals surface area (Å²) in [6.07, 6.45) is 3.14. The van der Waals surface area contributed by atoms with Crippen LogP contribution in [-0.4, -0.2) is 19.6 Å². The van der Waals surface area contributed by atoms with E-state index in [0.29, 0.717) is 33.8 Å². The Bertz CT molecular complexity index is 974. The largest absolute Gasteiger partial charge is 0.493 e. The molecule has 0 aliphatic rings. The van der Waals surface area contributed by atoms with Crippen molar-refractivity contribution in [1.82, 2.24) is 0 Å². The Labute approximate surface area is 173 Å². The van der Waals surface area contributed by atoms with Crippen LogP contribution >= 0.6 is 15.9 Å². The molecule has 1 N–H and O–H groups in total. The summed E-state index contributed by atoms with van der Waals surface area (Å²) in [7, 11) is 1.52. The minimum Gasteiger partial charge on any atom is -0.493 e. The molecular weight excluding hydrogens is 420 g/mol. The summed E-state index contributed by atoms with van der Waals surface area (Å²) >= 11 is 3.44. The van der Waals surface area contributed by atoms with Crippen molar-refractivity contribution in [3.05, 3.63) is 69.7 Å². The Kier molecular flexibility index (Phi) is 7.42. The van der Waals surface area contributed by atoms with Gasteiger partial charge in [0.2, 0.25) is 0 Å². The van der Waals surface area contributed by atoms with Crippen LogP contribution in [0.5, 0.6) is 11.5 Å². The number of nitrogens with one attached hydrogen (secondary N) is 1. The third-order valence-corrected chi connectivity index (χ3v) is 4.72. The highest BCUT2D eigenvalue weighted by molar-refractivity contribution is 9.10. The number of methoxy groups -OCH3 is 1. The van der Waals surface area contributed by atoms with Crippen molar-refractivity contribution in [2.75, 3.05) is 19.0 Å². The van der Waals surface area contributed by atoms with Gasteiger partial charge in [-0.1, -0.05) is 24.8 Å². The highest BCUT2D eigenvalue weighted by Crippen LogP contribution is 2.37. The van der Waals surface area contributed by atoms with Gasteiger partial charge in [0.15, 0.2) is 11.5 Å². The Morgan fingerprint density at radius 2 is 2.11 bits per heavy atom. The van der Waals surface area contributed by atoms with Crippen LogP contribution in [0.25, 0.3) is 6.08 Å². The van der Waals surface area contributed by atoms with Gasteiger partial charge in [-0.05, 0) is 70.7 Å². The van der Waals surface area contributed by atoms with Gasteiger partial charge in [0.1, 0.15) is 18.2 Å². The first-order chi connectivity index (χ1) is 13.4. The lowest BCUT2D eigenvalue weighted by Crippen LogP contribution is -2.14. The zero-order valence-electron chi connectivity index (χ0n) is 16.0. The number of halogens is 1. The SMILES string of the molecule is C=CCOc1c(Br)cc(/C=C(\C#N)C(=O)Nc2cccc(C)c2C)cc1OC. The van der Waals surface area contributed by atoms with Crippen LogP contribution in [0, 0.1) is 25.2 Å². The molecule has 6 heteroatoms. The highest BCUT2D eigenvalue weighted by atomic mass is 79.9. The molecule has 0 radical (unpaired) electrons. The summed E-state index contributed by atoms with van der Waals surface area (Å²) in [6, 6.07) is 11.0. The van der Waals surface area contributed by atoms with Crippen LogP contribution < -0.4 is 14.8 Å². The van der Waals surface area contributed by atoms with Crippen molar-refractivity contribution < 1.29 is 14.3 Å². The standard InChI is InChI=1S/C22H21BrN2O3/c1-5-9-28-21-18(23)11-16(12-20(21)27-4)10-17(13-24)22(26)25-19-8-6-7-14(2)15(19)3/h5-8,10-12H,1,9H2,2-4H3,(H,25,26)/b17-10+. The fourth-order valence-electron chi connectivity index (χ4n) is 2.50. The maximum atomic E-state index is 12.6. The van der Waals surface area contributed by atoms with Crippen LogP contribution in [0.3, 0.4) is 0 Å². The molecule has 2 aromatic carbocycles. The van der Waals surface area contributed by atoms with Crippen LogP contribution in [0.1, 0.15) is 16.7 Å². The van der Waals surface area contributed by atoms with Crippen LogP contribution in [0.15, 0.2) is 53.0 Å². The molecule has 5 nitrogen and oxygen atoms in total. The molecule has 0 bridgehead atoms. The van der Waals surface area contributed by atoms with Crippen molar-refractivity contribution in [3.8, 4) is 17.6 Å². The Morgan fingerprint density at radius 1 is 1.36 bits per heavy atom. The summed E-state index contributed by atoms with van der Waals surface area (Å²) < 4.78 is 11.6. The number of hydrogen-bond donors (Lipinski definition) is 1. The lowest BCUT2D eigenvalue weighted by molar-refractivity contribution is -0.112. The Balaban J connectivity index is 2.34. The second kappa shape index (κ2) is 9.77. The average Bonchev–Trinajstić information content (AvgIpc) is 2.68. The van der Waals surface area contributed by atoms with Gasteiger partial charge in [0.25, 0.3) is 5.91 Å². The second-order valence-corrected chi connectivity index (χ2v) is 6.86. The number of nitriles is 1. The molecular formula is C22H21BrN2O3. The first kappa shape index (κ1) is 21.3. The van der Waals surface area contributed by atoms with Gasteiger partial charge in [0.05, 0.1) is 11.6 Å². The van der Waals surface area contributed by atoms with Crippen molar-refractivity contribution in [1.29, 1.82) is 5.26 Å². The van der Waals surface area contributed by atoms with Gasteiger partial charge in [-0.2, -0.15) is 5.26 Å². The summed E-state index contributed by atoms with van der Waals surface area (Å²) in [4.78, 5) is 12.6. The van der Waals surface area contributed by atoms with Crippen molar-refractivity contribution in [3.63, 3.8) is 0 Å². The Hall–Kier alpha value is -3.04. The number of rotatable bonds is 7. The zero-order valence-corrected chi connectivity index (χ0v) is 17.6. The normalized spacial score (nSPS) is 10.8. The first-order valence-electron chi connectivity index (χ1n) is 8.51. The summed E-state index contributed by atoms with van der Waals surface area (Å²) in [5, 5.41) is 12.3. The topological polar surface area (TPSA) is 71.3 Å². The molecule has 2 aromatic rings. The van der Waals surface area contributed by atoms with Gasteiger partial charge in [-0.15, -0.1) is 0 Å².